The molecule has 18 heavy (non-hydrogen) atoms. The van der Waals surface area contributed by atoms with Gasteiger partial charge in [-0.3, -0.25) is 0 Å². The first-order chi connectivity index (χ1) is 8.27. The molecule has 0 aliphatic rings. The smallest absolute Gasteiger partial charge is 0.333 e. The van der Waals surface area contributed by atoms with Crippen LogP contribution >= 0.6 is 0 Å². The number of hydrazine groups is 2. The second-order valence-corrected chi connectivity index (χ2v) is 3.15. The summed E-state index contributed by atoms with van der Waals surface area (Å²) in [5.74, 6) is 7.23. The standard InChI is InChI=1S/C8H10F2N6O2/c9-5-3(15(13)7(11)17)1-2-4(6(5)10)16(14)8(12)18/h1-2H,13-14H2,(H2,11,17)(H2,12,18). The van der Waals surface area contributed by atoms with Gasteiger partial charge in [0.05, 0.1) is 0 Å². The fourth-order valence-corrected chi connectivity index (χ4v) is 1.14. The van der Waals surface area contributed by atoms with Crippen molar-refractivity contribution in [3.05, 3.63) is 23.8 Å². The van der Waals surface area contributed by atoms with Gasteiger partial charge in [0.25, 0.3) is 0 Å². The molecule has 0 saturated heterocycles. The van der Waals surface area contributed by atoms with E-state index >= 15 is 0 Å². The lowest BCUT2D eigenvalue weighted by Gasteiger charge is -2.19. The molecule has 1 rings (SSSR count). The van der Waals surface area contributed by atoms with Crippen molar-refractivity contribution in [3.8, 4) is 0 Å². The van der Waals surface area contributed by atoms with Gasteiger partial charge in [0, 0.05) is 0 Å². The molecule has 0 aliphatic carbocycles. The molecule has 0 aromatic heterocycles. The summed E-state index contributed by atoms with van der Waals surface area (Å²) in [5, 5.41) is 0.403. The van der Waals surface area contributed by atoms with E-state index in [0.717, 1.165) is 12.1 Å². The minimum atomic E-state index is -1.49. The lowest BCUT2D eigenvalue weighted by molar-refractivity contribution is 0.252. The minimum absolute atomic E-state index is 0.202. The van der Waals surface area contributed by atoms with Crippen LogP contribution in [0.5, 0.6) is 0 Å². The van der Waals surface area contributed by atoms with Crippen molar-refractivity contribution in [1.82, 2.24) is 0 Å². The first kappa shape index (κ1) is 13.6. The summed E-state index contributed by atoms with van der Waals surface area (Å²) in [6.45, 7) is 0. The maximum atomic E-state index is 13.6. The van der Waals surface area contributed by atoms with E-state index in [-0.39, 0.29) is 10.0 Å². The number of carbonyl (C=O) groups is 2. The number of rotatable bonds is 2. The van der Waals surface area contributed by atoms with Crippen molar-refractivity contribution in [2.75, 3.05) is 10.0 Å². The molecule has 0 spiro atoms. The highest BCUT2D eigenvalue weighted by molar-refractivity contribution is 5.92. The molecule has 1 aromatic carbocycles. The average molecular weight is 260 g/mol. The van der Waals surface area contributed by atoms with Crippen LogP contribution in [0.25, 0.3) is 0 Å². The summed E-state index contributed by atoms with van der Waals surface area (Å²) < 4.78 is 27.1. The van der Waals surface area contributed by atoms with E-state index in [0.29, 0.717) is 0 Å². The summed E-state index contributed by atoms with van der Waals surface area (Å²) in [6, 6.07) is -0.552. The van der Waals surface area contributed by atoms with Crippen molar-refractivity contribution in [3.63, 3.8) is 0 Å². The molecule has 98 valence electrons. The predicted octanol–water partition coefficient (Wildman–Crippen LogP) is -0.518. The van der Waals surface area contributed by atoms with Crippen LogP contribution in [0.15, 0.2) is 12.1 Å². The van der Waals surface area contributed by atoms with Crippen LogP contribution in [0, 0.1) is 11.6 Å². The third-order valence-electron chi connectivity index (χ3n) is 2.04. The molecular formula is C8H10F2N6O2. The third-order valence-corrected chi connectivity index (χ3v) is 2.04. The summed E-state index contributed by atoms with van der Waals surface area (Å²) >= 11 is 0. The van der Waals surface area contributed by atoms with Crippen LogP contribution in [0.3, 0.4) is 0 Å². The molecular weight excluding hydrogens is 250 g/mol. The molecule has 0 fully saturated rings. The van der Waals surface area contributed by atoms with Gasteiger partial charge in [-0.1, -0.05) is 0 Å². The van der Waals surface area contributed by atoms with Crippen molar-refractivity contribution in [1.29, 1.82) is 0 Å². The maximum Gasteiger partial charge on any atom is 0.333 e. The Bertz CT molecular complexity index is 464. The highest BCUT2D eigenvalue weighted by Gasteiger charge is 2.22. The number of carbonyl (C=O) groups excluding carboxylic acids is 2. The number of nitrogens with two attached hydrogens (primary N) is 4. The molecule has 4 amide bonds. The number of primary amides is 2. The zero-order valence-corrected chi connectivity index (χ0v) is 8.93. The second-order valence-electron chi connectivity index (χ2n) is 3.15. The fraction of sp³-hybridized carbons (Fsp3) is 0. The van der Waals surface area contributed by atoms with E-state index in [1.807, 2.05) is 0 Å². The van der Waals surface area contributed by atoms with E-state index in [2.05, 4.69) is 0 Å². The number of halogens is 2. The number of amides is 4. The molecule has 0 heterocycles. The minimum Gasteiger partial charge on any atom is -0.350 e. The van der Waals surface area contributed by atoms with Gasteiger partial charge in [-0.25, -0.2) is 40.1 Å². The quantitative estimate of drug-likeness (QED) is 0.322. The van der Waals surface area contributed by atoms with Gasteiger partial charge in [0.15, 0.2) is 11.6 Å². The Morgan fingerprint density at radius 3 is 1.39 bits per heavy atom. The van der Waals surface area contributed by atoms with Crippen LogP contribution in [-0.4, -0.2) is 12.1 Å². The van der Waals surface area contributed by atoms with Crippen LogP contribution in [0.2, 0.25) is 0 Å². The maximum absolute atomic E-state index is 13.6. The number of hydrogen-bond donors (Lipinski definition) is 4. The van der Waals surface area contributed by atoms with Crippen molar-refractivity contribution in [2.45, 2.75) is 0 Å². The van der Waals surface area contributed by atoms with Crippen LogP contribution < -0.4 is 33.2 Å². The highest BCUT2D eigenvalue weighted by Crippen LogP contribution is 2.27. The summed E-state index contributed by atoms with van der Waals surface area (Å²) in [7, 11) is 0. The van der Waals surface area contributed by atoms with Crippen LogP contribution in [-0.2, 0) is 0 Å². The lowest BCUT2D eigenvalue weighted by atomic mass is 10.2. The van der Waals surface area contributed by atoms with E-state index in [1.54, 1.807) is 0 Å². The summed E-state index contributed by atoms with van der Waals surface area (Å²) in [5.41, 5.74) is 8.37. The fourth-order valence-electron chi connectivity index (χ4n) is 1.14. The van der Waals surface area contributed by atoms with Crippen LogP contribution in [0.4, 0.5) is 29.7 Å². The van der Waals surface area contributed by atoms with Gasteiger partial charge in [0.2, 0.25) is 0 Å². The van der Waals surface area contributed by atoms with Gasteiger partial charge >= 0.3 is 12.1 Å². The monoisotopic (exact) mass is 260 g/mol. The van der Waals surface area contributed by atoms with E-state index < -0.39 is 35.1 Å². The largest absolute Gasteiger partial charge is 0.350 e. The number of benzene rings is 1. The van der Waals surface area contributed by atoms with Crippen molar-refractivity contribution < 1.29 is 18.4 Å². The molecule has 0 bridgehead atoms. The Balaban J connectivity index is 3.29. The van der Waals surface area contributed by atoms with Crippen molar-refractivity contribution >= 4 is 23.4 Å². The van der Waals surface area contributed by atoms with Crippen molar-refractivity contribution in [2.24, 2.45) is 23.2 Å². The molecule has 0 atom stereocenters. The topological polar surface area (TPSA) is 145 Å². The van der Waals surface area contributed by atoms with E-state index in [1.165, 1.54) is 0 Å². The number of hydrogen-bond acceptors (Lipinski definition) is 4. The normalized spacial score (nSPS) is 10.0. The molecule has 10 heteroatoms. The number of urea groups is 2. The third kappa shape index (κ3) is 2.28. The molecule has 0 radical (unpaired) electrons. The SMILES string of the molecule is NC(=O)N(N)c1ccc(N(N)C(N)=O)c(F)c1F. The predicted molar refractivity (Wildman–Crippen MR) is 58.9 cm³/mol. The van der Waals surface area contributed by atoms with Gasteiger partial charge in [-0.2, -0.15) is 0 Å². The molecule has 0 unspecified atom stereocenters. The Hall–Kier alpha value is -2.46. The van der Waals surface area contributed by atoms with Gasteiger partial charge in [0.1, 0.15) is 11.4 Å². The zero-order valence-electron chi connectivity index (χ0n) is 8.93. The second kappa shape index (κ2) is 4.81. The first-order valence-corrected chi connectivity index (χ1v) is 4.44. The first-order valence-electron chi connectivity index (χ1n) is 4.44. The molecule has 8 nitrogen and oxygen atoms in total. The number of nitrogens with zero attached hydrogens (tertiary/aromatic N) is 2. The Labute approximate surface area is 99.6 Å². The number of anilines is 2. The van der Waals surface area contributed by atoms with Gasteiger partial charge in [-0.15, -0.1) is 0 Å². The molecule has 0 aliphatic heterocycles. The van der Waals surface area contributed by atoms with Gasteiger partial charge < -0.3 is 11.5 Å². The van der Waals surface area contributed by atoms with E-state index in [9.17, 15) is 18.4 Å². The molecule has 1 aromatic rings. The Morgan fingerprint density at radius 1 is 0.889 bits per heavy atom. The molecule has 8 N–H and O–H groups in total. The highest BCUT2D eigenvalue weighted by atomic mass is 19.2. The lowest BCUT2D eigenvalue weighted by Crippen LogP contribution is -2.43. The summed E-state index contributed by atoms with van der Waals surface area (Å²) in [6.07, 6.45) is 0. The Morgan fingerprint density at radius 2 is 1.17 bits per heavy atom. The Kier molecular flexibility index (Phi) is 3.64. The average Bonchev–Trinajstić information content (AvgIpc) is 2.30. The molecule has 0 saturated carbocycles. The van der Waals surface area contributed by atoms with E-state index in [4.69, 9.17) is 23.2 Å². The van der Waals surface area contributed by atoms with Crippen LogP contribution in [0.1, 0.15) is 0 Å². The summed E-state index contributed by atoms with van der Waals surface area (Å²) in [4.78, 5) is 21.4. The van der Waals surface area contributed by atoms with Gasteiger partial charge in [-0.05, 0) is 12.1 Å². The zero-order chi connectivity index (χ0) is 14.0.